The highest BCUT2D eigenvalue weighted by Crippen LogP contribution is 2.21. The lowest BCUT2D eigenvalue weighted by Gasteiger charge is -2.33. The number of halogens is 1. The van der Waals surface area contributed by atoms with Gasteiger partial charge in [-0.25, -0.2) is 0 Å². The third kappa shape index (κ3) is 9.21. The van der Waals surface area contributed by atoms with Crippen molar-refractivity contribution in [3.63, 3.8) is 0 Å². The molecule has 0 spiro atoms. The van der Waals surface area contributed by atoms with Gasteiger partial charge in [0.2, 0.25) is 0 Å². The minimum atomic E-state index is -0.880. The summed E-state index contributed by atoms with van der Waals surface area (Å²) in [4.78, 5) is 6.78. The summed E-state index contributed by atoms with van der Waals surface area (Å²) in [6.45, 7) is 12.0. The number of benzene rings is 1. The zero-order chi connectivity index (χ0) is 21.1. The highest BCUT2D eigenvalue weighted by Gasteiger charge is 2.25. The van der Waals surface area contributed by atoms with E-state index in [1.54, 1.807) is 0 Å². The standard InChI is InChI=1S/C21H35ClN4O3/c1-4-23-20(25-15-21(3,27)16-26-9-12-28-13-10-26)24-8-5-11-29-19-7-6-18(22)14-17(19)2/h6-7,14,27H,4-5,8-13,15-16H2,1-3H3,(H2,23,24,25). The highest BCUT2D eigenvalue weighted by atomic mass is 35.5. The summed E-state index contributed by atoms with van der Waals surface area (Å²) in [6, 6.07) is 5.63. The summed E-state index contributed by atoms with van der Waals surface area (Å²) < 4.78 is 11.2. The Morgan fingerprint density at radius 2 is 2.10 bits per heavy atom. The summed E-state index contributed by atoms with van der Waals surface area (Å²) in [7, 11) is 0. The third-order valence-corrected chi connectivity index (χ3v) is 4.83. The van der Waals surface area contributed by atoms with Crippen LogP contribution in [-0.2, 0) is 4.74 Å². The maximum atomic E-state index is 10.7. The van der Waals surface area contributed by atoms with E-state index in [1.807, 2.05) is 39.0 Å². The predicted octanol–water partition coefficient (Wildman–Crippen LogP) is 2.06. The summed E-state index contributed by atoms with van der Waals surface area (Å²) in [5.74, 6) is 1.56. The lowest BCUT2D eigenvalue weighted by atomic mass is 10.1. The number of rotatable bonds is 10. The van der Waals surface area contributed by atoms with E-state index in [1.165, 1.54) is 0 Å². The number of nitrogens with one attached hydrogen (secondary N) is 2. The Hall–Kier alpha value is -1.54. The second-order valence-electron chi connectivity index (χ2n) is 7.62. The van der Waals surface area contributed by atoms with Crippen LogP contribution in [0.25, 0.3) is 0 Å². The molecule has 3 N–H and O–H groups in total. The first kappa shape index (κ1) is 23.7. The van der Waals surface area contributed by atoms with Crippen molar-refractivity contribution < 1.29 is 14.6 Å². The normalized spacial score (nSPS) is 17.6. The third-order valence-electron chi connectivity index (χ3n) is 4.60. The molecular weight excluding hydrogens is 392 g/mol. The summed E-state index contributed by atoms with van der Waals surface area (Å²) >= 11 is 5.97. The van der Waals surface area contributed by atoms with Crippen molar-refractivity contribution in [2.24, 2.45) is 4.99 Å². The number of hydrogen-bond acceptors (Lipinski definition) is 5. The van der Waals surface area contributed by atoms with Crippen LogP contribution in [0, 0.1) is 6.92 Å². The van der Waals surface area contributed by atoms with E-state index >= 15 is 0 Å². The molecule has 1 aliphatic rings. The van der Waals surface area contributed by atoms with Crippen LogP contribution >= 0.6 is 11.6 Å². The van der Waals surface area contributed by atoms with Crippen LogP contribution in [0.3, 0.4) is 0 Å². The fourth-order valence-electron chi connectivity index (χ4n) is 3.12. The molecule has 1 heterocycles. The zero-order valence-corrected chi connectivity index (χ0v) is 18.6. The van der Waals surface area contributed by atoms with Gasteiger partial charge in [-0.2, -0.15) is 0 Å². The van der Waals surface area contributed by atoms with Gasteiger partial charge in [-0.1, -0.05) is 11.6 Å². The Bertz CT molecular complexity index is 649. The molecule has 1 fully saturated rings. The largest absolute Gasteiger partial charge is 0.493 e. The number of morpholine rings is 1. The van der Waals surface area contributed by atoms with Gasteiger partial charge in [0.15, 0.2) is 5.96 Å². The van der Waals surface area contributed by atoms with Gasteiger partial charge in [0, 0.05) is 37.7 Å². The Balaban J connectivity index is 1.73. The monoisotopic (exact) mass is 426 g/mol. The van der Waals surface area contributed by atoms with E-state index in [9.17, 15) is 5.11 Å². The maximum Gasteiger partial charge on any atom is 0.191 e. The Morgan fingerprint density at radius 3 is 2.79 bits per heavy atom. The van der Waals surface area contributed by atoms with Crippen LogP contribution in [0.5, 0.6) is 5.75 Å². The van der Waals surface area contributed by atoms with Crippen molar-refractivity contribution >= 4 is 17.6 Å². The minimum Gasteiger partial charge on any atom is -0.493 e. The van der Waals surface area contributed by atoms with Gasteiger partial charge >= 0.3 is 0 Å². The van der Waals surface area contributed by atoms with Crippen LogP contribution < -0.4 is 15.4 Å². The average molecular weight is 427 g/mol. The van der Waals surface area contributed by atoms with Gasteiger partial charge in [-0.3, -0.25) is 9.89 Å². The van der Waals surface area contributed by atoms with Crippen LogP contribution in [0.2, 0.25) is 5.02 Å². The molecule has 0 saturated carbocycles. The van der Waals surface area contributed by atoms with Crippen molar-refractivity contribution in [3.05, 3.63) is 28.8 Å². The number of aliphatic hydroxyl groups is 1. The number of nitrogens with zero attached hydrogens (tertiary/aromatic N) is 2. The molecule has 164 valence electrons. The topological polar surface area (TPSA) is 78.4 Å². The number of aryl methyl sites for hydroxylation is 1. The SMILES string of the molecule is CCNC(=NCC(C)(O)CN1CCOCC1)NCCCOc1ccc(Cl)cc1C. The van der Waals surface area contributed by atoms with Crippen LogP contribution in [-0.4, -0.2) is 80.7 Å². The lowest BCUT2D eigenvalue weighted by molar-refractivity contribution is -0.0180. The molecule has 1 aromatic rings. The Labute approximate surface area is 179 Å². The number of aliphatic imine (C=N–C) groups is 1. The average Bonchev–Trinajstić information content (AvgIpc) is 2.67. The zero-order valence-electron chi connectivity index (χ0n) is 17.8. The van der Waals surface area contributed by atoms with Gasteiger partial charge in [0.1, 0.15) is 5.75 Å². The molecule has 2 rings (SSSR count). The number of guanidine groups is 1. The van der Waals surface area contributed by atoms with E-state index in [4.69, 9.17) is 21.1 Å². The van der Waals surface area contributed by atoms with Gasteiger partial charge in [0.25, 0.3) is 0 Å². The summed E-state index contributed by atoms with van der Waals surface area (Å²) in [5.41, 5.74) is 0.150. The van der Waals surface area contributed by atoms with Gasteiger partial charge in [-0.15, -0.1) is 0 Å². The van der Waals surface area contributed by atoms with Crippen LogP contribution in [0.15, 0.2) is 23.2 Å². The van der Waals surface area contributed by atoms with E-state index in [0.717, 1.165) is 57.1 Å². The fourth-order valence-corrected chi connectivity index (χ4v) is 3.34. The van der Waals surface area contributed by atoms with Gasteiger partial charge in [0.05, 0.1) is 32.0 Å². The van der Waals surface area contributed by atoms with Crippen molar-refractivity contribution in [2.45, 2.75) is 32.8 Å². The fraction of sp³-hybridized carbons (Fsp3) is 0.667. The number of hydrogen-bond donors (Lipinski definition) is 3. The Morgan fingerprint density at radius 1 is 1.34 bits per heavy atom. The molecule has 1 aromatic carbocycles. The van der Waals surface area contributed by atoms with E-state index in [0.29, 0.717) is 30.7 Å². The van der Waals surface area contributed by atoms with Crippen molar-refractivity contribution in [1.29, 1.82) is 0 Å². The first-order chi connectivity index (χ1) is 13.9. The molecule has 8 heteroatoms. The molecule has 7 nitrogen and oxygen atoms in total. The summed E-state index contributed by atoms with van der Waals surface area (Å²) in [5, 5.41) is 17.9. The first-order valence-corrected chi connectivity index (χ1v) is 10.7. The minimum absolute atomic E-state index is 0.333. The predicted molar refractivity (Wildman–Crippen MR) is 118 cm³/mol. The van der Waals surface area contributed by atoms with Gasteiger partial charge < -0.3 is 25.2 Å². The first-order valence-electron chi connectivity index (χ1n) is 10.3. The van der Waals surface area contributed by atoms with Crippen LogP contribution in [0.4, 0.5) is 0 Å². The molecule has 1 saturated heterocycles. The van der Waals surface area contributed by atoms with E-state index < -0.39 is 5.60 Å². The molecule has 0 amide bonds. The Kier molecular flexibility index (Phi) is 10.0. The van der Waals surface area contributed by atoms with E-state index in [-0.39, 0.29) is 0 Å². The van der Waals surface area contributed by atoms with Crippen molar-refractivity contribution in [1.82, 2.24) is 15.5 Å². The molecule has 29 heavy (non-hydrogen) atoms. The molecule has 0 radical (unpaired) electrons. The van der Waals surface area contributed by atoms with E-state index in [2.05, 4.69) is 20.5 Å². The second-order valence-corrected chi connectivity index (χ2v) is 8.06. The van der Waals surface area contributed by atoms with Gasteiger partial charge in [-0.05, 0) is 51.0 Å². The number of ether oxygens (including phenoxy) is 2. The van der Waals surface area contributed by atoms with Crippen LogP contribution in [0.1, 0.15) is 25.8 Å². The smallest absolute Gasteiger partial charge is 0.191 e. The number of β-amino-alcohol motifs (C(OH)–C–C–N with tert-alkyl or cyclic N) is 1. The van der Waals surface area contributed by atoms with Crippen molar-refractivity contribution in [2.75, 3.05) is 59.1 Å². The molecule has 1 unspecified atom stereocenters. The maximum absolute atomic E-state index is 10.7. The molecular formula is C21H35ClN4O3. The molecule has 0 bridgehead atoms. The molecule has 0 aliphatic carbocycles. The molecule has 1 aliphatic heterocycles. The molecule has 1 atom stereocenters. The lowest BCUT2D eigenvalue weighted by Crippen LogP contribution is -2.48. The summed E-state index contributed by atoms with van der Waals surface area (Å²) in [6.07, 6.45) is 0.830. The van der Waals surface area contributed by atoms with Crippen molar-refractivity contribution in [3.8, 4) is 5.75 Å². The highest BCUT2D eigenvalue weighted by molar-refractivity contribution is 6.30. The quantitative estimate of drug-likeness (QED) is 0.302. The molecule has 0 aromatic heterocycles. The second kappa shape index (κ2) is 12.2.